The van der Waals surface area contributed by atoms with Crippen LogP contribution in [0.4, 0.5) is 5.69 Å². The number of nitrogens with one attached hydrogen (secondary N) is 2. The zero-order valence-corrected chi connectivity index (χ0v) is 9.90. The Morgan fingerprint density at radius 1 is 1.44 bits per heavy atom. The van der Waals surface area contributed by atoms with Gasteiger partial charge in [0, 0.05) is 11.1 Å². The van der Waals surface area contributed by atoms with Gasteiger partial charge in [0.15, 0.2) is 5.17 Å². The highest BCUT2D eigenvalue weighted by Crippen LogP contribution is 2.28. The summed E-state index contributed by atoms with van der Waals surface area (Å²) in [4.78, 5) is 4.33. The third-order valence-corrected chi connectivity index (χ3v) is 3.56. The molecule has 4 nitrogen and oxygen atoms in total. The number of amidine groups is 1. The highest BCUT2D eigenvalue weighted by Gasteiger charge is 2.10. The predicted octanol–water partition coefficient (Wildman–Crippen LogP) is 2.73. The molecule has 0 aliphatic carbocycles. The van der Waals surface area contributed by atoms with Crippen molar-refractivity contribution < 1.29 is 0 Å². The van der Waals surface area contributed by atoms with E-state index in [1.807, 2.05) is 12.1 Å². The molecule has 0 amide bonds. The minimum atomic E-state index is 0.673. The van der Waals surface area contributed by atoms with Gasteiger partial charge in [-0.1, -0.05) is 23.4 Å². The normalized spacial score (nSPS) is 15.4. The van der Waals surface area contributed by atoms with Crippen molar-refractivity contribution in [3.63, 3.8) is 0 Å². The van der Waals surface area contributed by atoms with E-state index in [4.69, 9.17) is 11.6 Å². The minimum Gasteiger partial charge on any atom is -0.334 e. The number of benzene rings is 1. The van der Waals surface area contributed by atoms with Crippen LogP contribution in [0.15, 0.2) is 23.3 Å². The second-order valence-electron chi connectivity index (χ2n) is 3.45. The van der Waals surface area contributed by atoms with Crippen molar-refractivity contribution in [3.8, 4) is 0 Å². The van der Waals surface area contributed by atoms with E-state index in [9.17, 15) is 0 Å². The van der Waals surface area contributed by atoms with Gasteiger partial charge in [-0.2, -0.15) is 5.10 Å². The zero-order chi connectivity index (χ0) is 11.0. The average molecular weight is 253 g/mol. The Kier molecular flexibility index (Phi) is 2.49. The summed E-state index contributed by atoms with van der Waals surface area (Å²) >= 11 is 7.87. The molecule has 0 saturated heterocycles. The highest BCUT2D eigenvalue weighted by atomic mass is 35.5. The molecule has 0 spiro atoms. The fourth-order valence-corrected chi connectivity index (χ4v) is 2.54. The van der Waals surface area contributed by atoms with Crippen LogP contribution >= 0.6 is 23.4 Å². The number of anilines is 1. The van der Waals surface area contributed by atoms with Crippen LogP contribution in [0.3, 0.4) is 0 Å². The van der Waals surface area contributed by atoms with Crippen LogP contribution in [0, 0.1) is 0 Å². The Balaban J connectivity index is 1.98. The summed E-state index contributed by atoms with van der Waals surface area (Å²) in [6.45, 7) is 0.874. The first-order chi connectivity index (χ1) is 7.83. The predicted molar refractivity (Wildman–Crippen MR) is 69.5 cm³/mol. The zero-order valence-electron chi connectivity index (χ0n) is 8.33. The van der Waals surface area contributed by atoms with Gasteiger partial charge in [0.1, 0.15) is 0 Å². The number of aromatic nitrogens is 2. The molecule has 2 aromatic rings. The molecule has 1 aromatic carbocycles. The largest absolute Gasteiger partial charge is 0.334 e. The van der Waals surface area contributed by atoms with Crippen molar-refractivity contribution in [1.82, 2.24) is 10.2 Å². The molecule has 3 rings (SSSR count). The van der Waals surface area contributed by atoms with Crippen LogP contribution in [-0.2, 0) is 0 Å². The summed E-state index contributed by atoms with van der Waals surface area (Å²) in [5, 5.41) is 12.7. The Hall–Kier alpha value is -1.20. The number of aliphatic imine (C=N–C) groups is 1. The van der Waals surface area contributed by atoms with Crippen molar-refractivity contribution in [1.29, 1.82) is 0 Å². The average Bonchev–Trinajstić information content (AvgIpc) is 2.89. The maximum absolute atomic E-state index is 6.16. The van der Waals surface area contributed by atoms with Crippen molar-refractivity contribution in [2.45, 2.75) is 0 Å². The van der Waals surface area contributed by atoms with Crippen LogP contribution in [0.2, 0.25) is 5.02 Å². The summed E-state index contributed by atoms with van der Waals surface area (Å²) in [6, 6.07) is 3.84. The molecule has 2 heterocycles. The van der Waals surface area contributed by atoms with Crippen LogP contribution in [0.5, 0.6) is 0 Å². The second-order valence-corrected chi connectivity index (χ2v) is 4.94. The molecule has 6 heteroatoms. The van der Waals surface area contributed by atoms with E-state index < -0.39 is 0 Å². The molecule has 1 aliphatic heterocycles. The van der Waals surface area contributed by atoms with Crippen LogP contribution in [0.25, 0.3) is 10.9 Å². The van der Waals surface area contributed by atoms with Gasteiger partial charge in [0.25, 0.3) is 0 Å². The van der Waals surface area contributed by atoms with E-state index in [1.54, 1.807) is 18.0 Å². The van der Waals surface area contributed by atoms with E-state index >= 15 is 0 Å². The number of hydrogen-bond donors (Lipinski definition) is 2. The molecule has 0 radical (unpaired) electrons. The van der Waals surface area contributed by atoms with Gasteiger partial charge in [-0.15, -0.1) is 0 Å². The topological polar surface area (TPSA) is 53.1 Å². The van der Waals surface area contributed by atoms with E-state index in [2.05, 4.69) is 20.5 Å². The Bertz CT molecular complexity index is 563. The van der Waals surface area contributed by atoms with Gasteiger partial charge in [0.2, 0.25) is 0 Å². The summed E-state index contributed by atoms with van der Waals surface area (Å²) in [5.74, 6) is 1.04. The van der Waals surface area contributed by atoms with Crippen LogP contribution < -0.4 is 5.32 Å². The molecule has 0 atom stereocenters. The van der Waals surface area contributed by atoms with Gasteiger partial charge in [-0.25, -0.2) is 0 Å². The first kappa shape index (κ1) is 9.99. The monoisotopic (exact) mass is 252 g/mol. The lowest BCUT2D eigenvalue weighted by Crippen LogP contribution is -2.05. The smallest absolute Gasteiger partial charge is 0.161 e. The number of nitrogens with zero attached hydrogens (tertiary/aromatic N) is 2. The van der Waals surface area contributed by atoms with Gasteiger partial charge in [-0.05, 0) is 12.1 Å². The quantitative estimate of drug-likeness (QED) is 0.821. The maximum atomic E-state index is 6.16. The molecular formula is C10H9ClN4S. The first-order valence-corrected chi connectivity index (χ1v) is 6.26. The van der Waals surface area contributed by atoms with Gasteiger partial charge in [-0.3, -0.25) is 10.1 Å². The minimum absolute atomic E-state index is 0.673. The van der Waals surface area contributed by atoms with E-state index in [-0.39, 0.29) is 0 Å². The molecule has 0 saturated carbocycles. The number of H-pyrrole nitrogens is 1. The van der Waals surface area contributed by atoms with Gasteiger partial charge >= 0.3 is 0 Å². The first-order valence-electron chi connectivity index (χ1n) is 4.90. The standard InChI is InChI=1S/C10H9ClN4S/c11-7-4-8-6(5-13-15-8)3-9(7)14-10-12-1-2-16-10/h3-5H,1-2H2,(H,12,14)(H,13,15). The van der Waals surface area contributed by atoms with E-state index in [1.165, 1.54) is 0 Å². The molecule has 2 N–H and O–H groups in total. The number of rotatable bonds is 1. The number of hydrogen-bond acceptors (Lipinski definition) is 4. The Morgan fingerprint density at radius 3 is 3.19 bits per heavy atom. The third-order valence-electron chi connectivity index (χ3n) is 2.35. The summed E-state index contributed by atoms with van der Waals surface area (Å²) < 4.78 is 0. The Labute approximate surface area is 101 Å². The van der Waals surface area contributed by atoms with E-state index in [0.29, 0.717) is 5.02 Å². The molecular weight excluding hydrogens is 244 g/mol. The van der Waals surface area contributed by atoms with Gasteiger partial charge < -0.3 is 5.32 Å². The Morgan fingerprint density at radius 2 is 2.38 bits per heavy atom. The number of thioether (sulfide) groups is 1. The molecule has 0 unspecified atom stereocenters. The third kappa shape index (κ3) is 1.76. The summed E-state index contributed by atoms with van der Waals surface area (Å²) in [5.41, 5.74) is 1.82. The molecule has 0 fully saturated rings. The van der Waals surface area contributed by atoms with Crippen molar-refractivity contribution in [3.05, 3.63) is 23.4 Å². The van der Waals surface area contributed by atoms with Crippen molar-refractivity contribution >= 4 is 45.1 Å². The number of fused-ring (bicyclic) bond motifs is 1. The SMILES string of the molecule is Clc1cc2[nH]ncc2cc1NC1=NCCS1. The molecule has 1 aliphatic rings. The van der Waals surface area contributed by atoms with Crippen molar-refractivity contribution in [2.75, 3.05) is 17.6 Å². The van der Waals surface area contributed by atoms with Crippen LogP contribution in [-0.4, -0.2) is 27.7 Å². The lowest BCUT2D eigenvalue weighted by molar-refractivity contribution is 1.12. The molecule has 82 valence electrons. The van der Waals surface area contributed by atoms with Gasteiger partial charge in [0.05, 0.1) is 29.0 Å². The highest BCUT2D eigenvalue weighted by molar-refractivity contribution is 8.14. The lowest BCUT2D eigenvalue weighted by Gasteiger charge is -2.07. The fraction of sp³-hybridized carbons (Fsp3) is 0.200. The van der Waals surface area contributed by atoms with E-state index in [0.717, 1.165) is 34.1 Å². The molecule has 0 bridgehead atoms. The number of aromatic amines is 1. The van der Waals surface area contributed by atoms with Crippen LogP contribution in [0.1, 0.15) is 0 Å². The maximum Gasteiger partial charge on any atom is 0.161 e. The molecule has 16 heavy (non-hydrogen) atoms. The lowest BCUT2D eigenvalue weighted by atomic mass is 10.2. The molecule has 1 aromatic heterocycles. The number of halogens is 1. The summed E-state index contributed by atoms with van der Waals surface area (Å²) in [6.07, 6.45) is 1.78. The summed E-state index contributed by atoms with van der Waals surface area (Å²) in [7, 11) is 0. The second kappa shape index (κ2) is 3.99. The fourth-order valence-electron chi connectivity index (χ4n) is 1.59. The van der Waals surface area contributed by atoms with Crippen molar-refractivity contribution in [2.24, 2.45) is 4.99 Å².